The maximum atomic E-state index is 13.3. The number of hydrogen-bond donors (Lipinski definition) is 1. The van der Waals surface area contributed by atoms with Crippen LogP contribution in [0.2, 0.25) is 0 Å². The van der Waals surface area contributed by atoms with Gasteiger partial charge in [0, 0.05) is 34.7 Å². The van der Waals surface area contributed by atoms with Crippen molar-refractivity contribution < 1.29 is 21.6 Å². The van der Waals surface area contributed by atoms with Crippen LogP contribution in [-0.4, -0.2) is 30.8 Å². The van der Waals surface area contributed by atoms with Crippen LogP contribution in [0.15, 0.2) is 47.5 Å². The fourth-order valence-corrected chi connectivity index (χ4v) is 3.69. The van der Waals surface area contributed by atoms with E-state index >= 15 is 0 Å². The van der Waals surface area contributed by atoms with Crippen LogP contribution in [0.4, 0.5) is 13.2 Å². The summed E-state index contributed by atoms with van der Waals surface area (Å²) in [6, 6.07) is 6.45. The number of nitrogens with zero attached hydrogens (tertiary/aromatic N) is 2. The second-order valence-electron chi connectivity index (χ2n) is 6.18. The molecule has 0 spiro atoms. The zero-order valence-corrected chi connectivity index (χ0v) is 15.3. The Morgan fingerprint density at radius 1 is 1.15 bits per heavy atom. The Balaban J connectivity index is 2.44. The van der Waals surface area contributed by atoms with Gasteiger partial charge < -0.3 is 5.73 Å². The van der Waals surface area contributed by atoms with Gasteiger partial charge in [0.1, 0.15) is 6.04 Å². The first-order valence-electron chi connectivity index (χ1n) is 7.88. The van der Waals surface area contributed by atoms with E-state index in [2.05, 4.69) is 9.97 Å². The Kier molecular flexibility index (Phi) is 4.69. The molecule has 0 unspecified atom stereocenters. The van der Waals surface area contributed by atoms with E-state index in [9.17, 15) is 21.6 Å². The van der Waals surface area contributed by atoms with Gasteiger partial charge in [0.05, 0.1) is 16.1 Å². The summed E-state index contributed by atoms with van der Waals surface area (Å²) < 4.78 is 64.2. The largest absolute Gasteiger partial charge is 0.407 e. The first-order valence-corrected chi connectivity index (χ1v) is 9.77. The molecule has 0 bridgehead atoms. The van der Waals surface area contributed by atoms with Crippen molar-refractivity contribution in [2.45, 2.75) is 24.0 Å². The zero-order chi connectivity index (χ0) is 20.0. The zero-order valence-electron chi connectivity index (χ0n) is 14.4. The number of fused-ring (bicyclic) bond motifs is 1. The number of rotatable bonds is 3. The molecule has 3 rings (SSSR count). The Morgan fingerprint density at radius 2 is 1.85 bits per heavy atom. The minimum atomic E-state index is -4.69. The molecule has 27 heavy (non-hydrogen) atoms. The minimum absolute atomic E-state index is 0.0333. The van der Waals surface area contributed by atoms with E-state index in [0.29, 0.717) is 11.3 Å². The van der Waals surface area contributed by atoms with Crippen LogP contribution in [0, 0.1) is 6.92 Å². The van der Waals surface area contributed by atoms with Crippen LogP contribution < -0.4 is 5.73 Å². The molecule has 2 heterocycles. The summed E-state index contributed by atoms with van der Waals surface area (Å²) in [6.07, 6.45) is -2.16. The Hall–Kier alpha value is -2.52. The molecule has 5 nitrogen and oxygen atoms in total. The van der Waals surface area contributed by atoms with E-state index in [-0.39, 0.29) is 27.1 Å². The van der Waals surface area contributed by atoms with Crippen molar-refractivity contribution >= 4 is 20.7 Å². The number of para-hydroxylation sites is 1. The van der Waals surface area contributed by atoms with Crippen LogP contribution in [0.1, 0.15) is 17.3 Å². The lowest BCUT2D eigenvalue weighted by atomic mass is 9.97. The SMILES string of the molecule is Cc1ncccc1-c1nc2c(S(C)(=O)=O)cccc2cc1[C@@H](N)C(F)(F)F. The summed E-state index contributed by atoms with van der Waals surface area (Å²) in [5.41, 5.74) is 6.11. The summed E-state index contributed by atoms with van der Waals surface area (Å²) in [6.45, 7) is 1.63. The fraction of sp³-hybridized carbons (Fsp3) is 0.222. The highest BCUT2D eigenvalue weighted by molar-refractivity contribution is 7.91. The Morgan fingerprint density at radius 3 is 2.44 bits per heavy atom. The average molecular weight is 395 g/mol. The third kappa shape index (κ3) is 3.65. The number of pyridine rings is 2. The summed E-state index contributed by atoms with van der Waals surface area (Å²) in [5.74, 6) is 0. The van der Waals surface area contributed by atoms with Crippen LogP contribution in [-0.2, 0) is 9.84 Å². The molecule has 0 aliphatic carbocycles. The third-order valence-corrected chi connectivity index (χ3v) is 5.32. The molecular formula is C18H16F3N3O2S. The topological polar surface area (TPSA) is 85.9 Å². The van der Waals surface area contributed by atoms with Gasteiger partial charge in [0.15, 0.2) is 9.84 Å². The highest BCUT2D eigenvalue weighted by Gasteiger charge is 2.40. The number of aryl methyl sites for hydroxylation is 1. The van der Waals surface area contributed by atoms with Gasteiger partial charge in [0.25, 0.3) is 0 Å². The molecule has 142 valence electrons. The fourth-order valence-electron chi connectivity index (χ4n) is 2.85. The van der Waals surface area contributed by atoms with Crippen molar-refractivity contribution in [2.75, 3.05) is 6.26 Å². The number of nitrogens with two attached hydrogens (primary N) is 1. The monoisotopic (exact) mass is 395 g/mol. The highest BCUT2D eigenvalue weighted by Crippen LogP contribution is 2.38. The molecule has 0 aliphatic rings. The van der Waals surface area contributed by atoms with Crippen LogP contribution in [0.3, 0.4) is 0 Å². The van der Waals surface area contributed by atoms with Crippen molar-refractivity contribution in [1.29, 1.82) is 0 Å². The number of alkyl halides is 3. The molecule has 0 radical (unpaired) electrons. The van der Waals surface area contributed by atoms with Gasteiger partial charge in [-0.05, 0) is 31.2 Å². The van der Waals surface area contributed by atoms with Gasteiger partial charge >= 0.3 is 6.18 Å². The van der Waals surface area contributed by atoms with E-state index in [1.807, 2.05) is 0 Å². The predicted octanol–water partition coefficient (Wildman–Crippen LogP) is 3.57. The molecule has 0 fully saturated rings. The van der Waals surface area contributed by atoms with E-state index in [4.69, 9.17) is 5.73 Å². The lowest BCUT2D eigenvalue weighted by Crippen LogP contribution is -2.29. The first-order chi connectivity index (χ1) is 12.5. The van der Waals surface area contributed by atoms with Gasteiger partial charge in [-0.15, -0.1) is 0 Å². The third-order valence-electron chi connectivity index (χ3n) is 4.19. The van der Waals surface area contributed by atoms with E-state index in [0.717, 1.165) is 6.26 Å². The van der Waals surface area contributed by atoms with Gasteiger partial charge in [-0.2, -0.15) is 13.2 Å². The standard InChI is InChI=1S/C18H16F3N3O2S/c1-10-12(6-4-8-23-10)16-13(17(22)18(19,20)21)9-11-5-3-7-14(15(11)24-16)27(2,25)26/h3-9,17H,22H2,1-2H3/t17-/m1/s1. The van der Waals surface area contributed by atoms with Crippen molar-refractivity contribution in [1.82, 2.24) is 9.97 Å². The number of benzene rings is 1. The van der Waals surface area contributed by atoms with Crippen molar-refractivity contribution in [3.8, 4) is 11.3 Å². The van der Waals surface area contributed by atoms with Gasteiger partial charge in [-0.3, -0.25) is 4.98 Å². The number of halogens is 3. The maximum absolute atomic E-state index is 13.3. The van der Waals surface area contributed by atoms with Crippen molar-refractivity contribution in [2.24, 2.45) is 5.73 Å². The average Bonchev–Trinajstić information content (AvgIpc) is 2.58. The summed E-state index contributed by atoms with van der Waals surface area (Å²) in [4.78, 5) is 8.34. The second-order valence-corrected chi connectivity index (χ2v) is 8.17. The van der Waals surface area contributed by atoms with Crippen molar-refractivity contribution in [3.05, 3.63) is 53.9 Å². The molecule has 0 saturated carbocycles. The van der Waals surface area contributed by atoms with Gasteiger partial charge in [0.2, 0.25) is 0 Å². The molecule has 2 aromatic heterocycles. The second kappa shape index (κ2) is 6.58. The van der Waals surface area contributed by atoms with Crippen LogP contribution in [0.25, 0.3) is 22.2 Å². The molecule has 0 amide bonds. The number of aromatic nitrogens is 2. The van der Waals surface area contributed by atoms with E-state index in [1.54, 1.807) is 19.1 Å². The number of sulfone groups is 1. The smallest absolute Gasteiger partial charge is 0.316 e. The van der Waals surface area contributed by atoms with Crippen LogP contribution in [0.5, 0.6) is 0 Å². The molecule has 0 saturated heterocycles. The van der Waals surface area contributed by atoms with Gasteiger partial charge in [-0.1, -0.05) is 12.1 Å². The molecular weight excluding hydrogens is 379 g/mol. The lowest BCUT2D eigenvalue weighted by molar-refractivity contribution is -0.149. The van der Waals surface area contributed by atoms with E-state index in [1.165, 1.54) is 30.5 Å². The Bertz CT molecular complexity index is 1130. The summed E-state index contributed by atoms with van der Waals surface area (Å²) >= 11 is 0. The van der Waals surface area contributed by atoms with E-state index < -0.39 is 22.1 Å². The summed E-state index contributed by atoms with van der Waals surface area (Å²) in [7, 11) is -3.63. The minimum Gasteiger partial charge on any atom is -0.316 e. The Labute approximate surface area is 154 Å². The molecule has 9 heteroatoms. The van der Waals surface area contributed by atoms with Crippen LogP contribution >= 0.6 is 0 Å². The quantitative estimate of drug-likeness (QED) is 0.733. The van der Waals surface area contributed by atoms with Gasteiger partial charge in [-0.25, -0.2) is 13.4 Å². The van der Waals surface area contributed by atoms with Crippen molar-refractivity contribution in [3.63, 3.8) is 0 Å². The molecule has 0 aliphatic heterocycles. The lowest BCUT2D eigenvalue weighted by Gasteiger charge is -2.20. The maximum Gasteiger partial charge on any atom is 0.407 e. The first kappa shape index (κ1) is 19.2. The molecule has 1 aromatic carbocycles. The molecule has 3 aromatic rings. The predicted molar refractivity (Wildman–Crippen MR) is 95.8 cm³/mol. The summed E-state index contributed by atoms with van der Waals surface area (Å²) in [5, 5.41) is 0.262. The number of hydrogen-bond acceptors (Lipinski definition) is 5. The normalized spacial score (nSPS) is 13.7. The molecule has 1 atom stereocenters. The molecule has 2 N–H and O–H groups in total. The highest BCUT2D eigenvalue weighted by atomic mass is 32.2.